The van der Waals surface area contributed by atoms with Crippen LogP contribution >= 0.6 is 0 Å². The highest BCUT2D eigenvalue weighted by molar-refractivity contribution is 5.65. The molecule has 2 aromatic heterocycles. The zero-order valence-corrected chi connectivity index (χ0v) is 13.6. The van der Waals surface area contributed by atoms with Gasteiger partial charge in [0.2, 0.25) is 0 Å². The van der Waals surface area contributed by atoms with Crippen LogP contribution in [-0.4, -0.2) is 19.7 Å². The molecule has 2 aromatic rings. The molecule has 0 saturated heterocycles. The molecule has 0 aliphatic heterocycles. The van der Waals surface area contributed by atoms with Crippen molar-refractivity contribution in [3.05, 3.63) is 29.0 Å². The summed E-state index contributed by atoms with van der Waals surface area (Å²) in [5.74, 6) is 0.898. The summed E-state index contributed by atoms with van der Waals surface area (Å²) in [5, 5.41) is 4.49. The number of aryl methyl sites for hydroxylation is 3. The van der Waals surface area contributed by atoms with Gasteiger partial charge < -0.3 is 0 Å². The Hall–Kier alpha value is -1.71. The second kappa shape index (κ2) is 5.00. The van der Waals surface area contributed by atoms with Crippen LogP contribution in [0.15, 0.2) is 6.07 Å². The molecule has 20 heavy (non-hydrogen) atoms. The van der Waals surface area contributed by atoms with Crippen molar-refractivity contribution in [2.24, 2.45) is 7.05 Å². The first-order chi connectivity index (χ1) is 9.24. The van der Waals surface area contributed by atoms with Gasteiger partial charge in [-0.2, -0.15) is 5.10 Å². The van der Waals surface area contributed by atoms with Crippen molar-refractivity contribution in [1.82, 2.24) is 19.7 Å². The van der Waals surface area contributed by atoms with Crippen molar-refractivity contribution < 1.29 is 0 Å². The quantitative estimate of drug-likeness (QED) is 0.842. The van der Waals surface area contributed by atoms with E-state index in [0.717, 1.165) is 40.6 Å². The Kier molecular flexibility index (Phi) is 3.67. The van der Waals surface area contributed by atoms with E-state index in [1.54, 1.807) is 0 Å². The minimum atomic E-state index is 0.0195. The molecule has 0 saturated carbocycles. The maximum atomic E-state index is 4.71. The van der Waals surface area contributed by atoms with Gasteiger partial charge in [-0.05, 0) is 19.9 Å². The molecule has 0 aromatic carbocycles. The summed E-state index contributed by atoms with van der Waals surface area (Å²) in [7, 11) is 1.97. The minimum Gasteiger partial charge on any atom is -0.272 e. The van der Waals surface area contributed by atoms with Gasteiger partial charge in [0.25, 0.3) is 0 Å². The van der Waals surface area contributed by atoms with Crippen molar-refractivity contribution in [3.63, 3.8) is 0 Å². The summed E-state index contributed by atoms with van der Waals surface area (Å²) in [5.41, 5.74) is 5.39. The molecular formula is C16H24N4. The van der Waals surface area contributed by atoms with Crippen LogP contribution in [0.1, 0.15) is 50.6 Å². The molecule has 0 radical (unpaired) electrons. The fourth-order valence-corrected chi connectivity index (χ4v) is 2.31. The molecule has 0 aliphatic carbocycles. The van der Waals surface area contributed by atoms with Crippen molar-refractivity contribution in [2.75, 3.05) is 0 Å². The highest BCUT2D eigenvalue weighted by Crippen LogP contribution is 2.29. The molecule has 0 unspecified atom stereocenters. The Balaban J connectivity index is 2.68. The SMILES string of the molecule is CCc1nc(-c2c(C)nn(C)c2C)cc(C(C)(C)C)n1. The second-order valence-corrected chi connectivity index (χ2v) is 6.33. The third-order valence-corrected chi connectivity index (χ3v) is 3.62. The molecule has 0 amide bonds. The lowest BCUT2D eigenvalue weighted by Crippen LogP contribution is -2.16. The van der Waals surface area contributed by atoms with Crippen LogP contribution in [0, 0.1) is 13.8 Å². The minimum absolute atomic E-state index is 0.0195. The lowest BCUT2D eigenvalue weighted by atomic mass is 9.90. The third-order valence-electron chi connectivity index (χ3n) is 3.62. The van der Waals surface area contributed by atoms with Gasteiger partial charge in [0.15, 0.2) is 0 Å². The predicted octanol–water partition coefficient (Wildman–Crippen LogP) is 3.35. The Morgan fingerprint density at radius 2 is 1.80 bits per heavy atom. The number of aromatic nitrogens is 4. The van der Waals surface area contributed by atoms with E-state index in [0.29, 0.717) is 0 Å². The molecule has 4 nitrogen and oxygen atoms in total. The molecule has 0 N–H and O–H groups in total. The van der Waals surface area contributed by atoms with E-state index in [4.69, 9.17) is 4.98 Å². The fourth-order valence-electron chi connectivity index (χ4n) is 2.31. The van der Waals surface area contributed by atoms with Crippen LogP contribution in [-0.2, 0) is 18.9 Å². The third kappa shape index (κ3) is 2.60. The Morgan fingerprint density at radius 1 is 1.15 bits per heavy atom. The van der Waals surface area contributed by atoms with Crippen molar-refractivity contribution in [2.45, 2.75) is 53.4 Å². The summed E-state index contributed by atoms with van der Waals surface area (Å²) in [6.45, 7) is 12.8. The fraction of sp³-hybridized carbons (Fsp3) is 0.562. The van der Waals surface area contributed by atoms with Gasteiger partial charge in [0.1, 0.15) is 5.82 Å². The van der Waals surface area contributed by atoms with E-state index in [9.17, 15) is 0 Å². The summed E-state index contributed by atoms with van der Waals surface area (Å²) >= 11 is 0. The van der Waals surface area contributed by atoms with E-state index in [1.165, 1.54) is 0 Å². The molecule has 0 fully saturated rings. The van der Waals surface area contributed by atoms with Crippen molar-refractivity contribution in [3.8, 4) is 11.3 Å². The average molecular weight is 272 g/mol. The maximum absolute atomic E-state index is 4.71. The van der Waals surface area contributed by atoms with Crippen LogP contribution in [0.5, 0.6) is 0 Å². The molecule has 4 heteroatoms. The molecule has 2 heterocycles. The summed E-state index contributed by atoms with van der Waals surface area (Å²) < 4.78 is 1.91. The Morgan fingerprint density at radius 3 is 2.25 bits per heavy atom. The largest absolute Gasteiger partial charge is 0.272 e. The van der Waals surface area contributed by atoms with E-state index in [-0.39, 0.29) is 5.41 Å². The zero-order chi connectivity index (χ0) is 15.1. The van der Waals surface area contributed by atoms with Gasteiger partial charge in [0, 0.05) is 30.1 Å². The molecular weight excluding hydrogens is 248 g/mol. The first-order valence-corrected chi connectivity index (χ1v) is 7.13. The van der Waals surface area contributed by atoms with Gasteiger partial charge in [0.05, 0.1) is 17.1 Å². The van der Waals surface area contributed by atoms with Crippen molar-refractivity contribution >= 4 is 0 Å². The number of nitrogens with zero attached hydrogens (tertiary/aromatic N) is 4. The van der Waals surface area contributed by atoms with Crippen molar-refractivity contribution in [1.29, 1.82) is 0 Å². The van der Waals surface area contributed by atoms with Crippen LogP contribution < -0.4 is 0 Å². The van der Waals surface area contributed by atoms with Crippen LogP contribution in [0.2, 0.25) is 0 Å². The molecule has 0 atom stereocenters. The Labute approximate surface area is 121 Å². The first kappa shape index (κ1) is 14.7. The summed E-state index contributed by atoms with van der Waals surface area (Å²) in [6, 6.07) is 2.11. The van der Waals surface area contributed by atoms with Gasteiger partial charge in [-0.15, -0.1) is 0 Å². The lowest BCUT2D eigenvalue weighted by molar-refractivity contribution is 0.563. The second-order valence-electron chi connectivity index (χ2n) is 6.33. The van der Waals surface area contributed by atoms with Gasteiger partial charge in [-0.3, -0.25) is 4.68 Å². The molecule has 2 rings (SSSR count). The highest BCUT2D eigenvalue weighted by atomic mass is 15.3. The monoisotopic (exact) mass is 272 g/mol. The van der Waals surface area contributed by atoms with E-state index in [1.807, 2.05) is 18.7 Å². The number of hydrogen-bond acceptors (Lipinski definition) is 3. The average Bonchev–Trinajstić information content (AvgIpc) is 2.61. The molecule has 108 valence electrons. The first-order valence-electron chi connectivity index (χ1n) is 7.13. The van der Waals surface area contributed by atoms with Gasteiger partial charge in [-0.25, -0.2) is 9.97 Å². The van der Waals surface area contributed by atoms with E-state index < -0.39 is 0 Å². The summed E-state index contributed by atoms with van der Waals surface area (Å²) in [6.07, 6.45) is 0.843. The molecule has 0 aliphatic rings. The normalized spacial score (nSPS) is 11.9. The van der Waals surface area contributed by atoms with Gasteiger partial charge >= 0.3 is 0 Å². The maximum Gasteiger partial charge on any atom is 0.129 e. The van der Waals surface area contributed by atoms with E-state index >= 15 is 0 Å². The van der Waals surface area contributed by atoms with Gasteiger partial charge in [-0.1, -0.05) is 27.7 Å². The highest BCUT2D eigenvalue weighted by Gasteiger charge is 2.20. The van der Waals surface area contributed by atoms with Crippen LogP contribution in [0.25, 0.3) is 11.3 Å². The standard InChI is InChI=1S/C16H24N4/c1-8-14-17-12(9-13(18-14)16(4,5)6)15-10(2)19-20(7)11(15)3/h9H,8H2,1-7H3. The number of rotatable bonds is 2. The van der Waals surface area contributed by atoms with Crippen LogP contribution in [0.4, 0.5) is 0 Å². The summed E-state index contributed by atoms with van der Waals surface area (Å²) in [4.78, 5) is 9.38. The van der Waals surface area contributed by atoms with E-state index in [2.05, 4.69) is 50.8 Å². The lowest BCUT2D eigenvalue weighted by Gasteiger charge is -2.19. The number of hydrogen-bond donors (Lipinski definition) is 0. The molecule has 0 spiro atoms. The topological polar surface area (TPSA) is 43.6 Å². The smallest absolute Gasteiger partial charge is 0.129 e. The van der Waals surface area contributed by atoms with Crippen LogP contribution in [0.3, 0.4) is 0 Å². The zero-order valence-electron chi connectivity index (χ0n) is 13.6. The molecule has 0 bridgehead atoms. The Bertz CT molecular complexity index is 633. The predicted molar refractivity (Wildman–Crippen MR) is 81.8 cm³/mol.